The molecule has 0 spiro atoms. The van der Waals surface area contributed by atoms with Gasteiger partial charge in [-0.2, -0.15) is 0 Å². The highest BCUT2D eigenvalue weighted by atomic mass is 19.1. The molecular formula is C28H36FN7O2. The Kier molecular flexibility index (Phi) is 8.29. The number of nitrogens with zero attached hydrogens (tertiary/aromatic N) is 5. The first-order valence-corrected chi connectivity index (χ1v) is 13.4. The summed E-state index contributed by atoms with van der Waals surface area (Å²) in [5.74, 6) is 1.32. The summed E-state index contributed by atoms with van der Waals surface area (Å²) in [7, 11) is 1.79. The number of amides is 2. The van der Waals surface area contributed by atoms with E-state index in [0.717, 1.165) is 50.0 Å². The van der Waals surface area contributed by atoms with Gasteiger partial charge in [-0.25, -0.2) is 13.9 Å². The van der Waals surface area contributed by atoms with Crippen LogP contribution in [0, 0.1) is 24.6 Å². The molecule has 0 unspecified atom stereocenters. The normalized spacial score (nSPS) is 22.2. The van der Waals surface area contributed by atoms with E-state index in [4.69, 9.17) is 4.74 Å². The Balaban J connectivity index is 1.17. The molecule has 0 bridgehead atoms. The van der Waals surface area contributed by atoms with E-state index >= 15 is 0 Å². The van der Waals surface area contributed by atoms with Crippen LogP contribution in [-0.4, -0.2) is 70.0 Å². The molecule has 3 aromatic rings. The maximum atomic E-state index is 13.3. The maximum Gasteiger partial charge on any atom is 0.319 e. The van der Waals surface area contributed by atoms with Gasteiger partial charge in [-0.15, -0.1) is 5.10 Å². The van der Waals surface area contributed by atoms with E-state index in [1.807, 2.05) is 37.3 Å². The van der Waals surface area contributed by atoms with Gasteiger partial charge in [0.15, 0.2) is 5.82 Å². The molecule has 2 N–H and O–H groups in total. The third-order valence-electron chi connectivity index (χ3n) is 7.56. The number of rotatable bonds is 7. The number of ether oxygens (including phenoxy) is 1. The highest BCUT2D eigenvalue weighted by Gasteiger charge is 2.31. The molecule has 9 nitrogen and oxygen atoms in total. The maximum absolute atomic E-state index is 13.3. The first-order chi connectivity index (χ1) is 18.4. The molecule has 2 fully saturated rings. The van der Waals surface area contributed by atoms with Crippen molar-refractivity contribution >= 4 is 11.7 Å². The summed E-state index contributed by atoms with van der Waals surface area (Å²) in [4.78, 5) is 15.5. The Bertz CT molecular complexity index is 1230. The van der Waals surface area contributed by atoms with E-state index in [1.54, 1.807) is 23.9 Å². The van der Waals surface area contributed by atoms with Crippen molar-refractivity contribution in [2.45, 2.75) is 38.6 Å². The number of piperidine rings is 1. The van der Waals surface area contributed by atoms with Crippen molar-refractivity contribution in [3.05, 3.63) is 59.4 Å². The predicted molar refractivity (Wildman–Crippen MR) is 143 cm³/mol. The van der Waals surface area contributed by atoms with Crippen molar-refractivity contribution in [1.29, 1.82) is 0 Å². The molecule has 2 saturated heterocycles. The van der Waals surface area contributed by atoms with Gasteiger partial charge in [0.25, 0.3) is 0 Å². The zero-order chi connectivity index (χ0) is 26.5. The fourth-order valence-electron chi connectivity index (χ4n) is 5.72. The van der Waals surface area contributed by atoms with Gasteiger partial charge >= 0.3 is 6.03 Å². The average Bonchev–Trinajstić information content (AvgIpc) is 3.32. The van der Waals surface area contributed by atoms with Crippen molar-refractivity contribution in [3.63, 3.8) is 0 Å². The van der Waals surface area contributed by atoms with Gasteiger partial charge in [0, 0.05) is 38.0 Å². The molecule has 3 atom stereocenters. The lowest BCUT2D eigenvalue weighted by atomic mass is 9.89. The highest BCUT2D eigenvalue weighted by Crippen LogP contribution is 2.25. The van der Waals surface area contributed by atoms with Gasteiger partial charge in [-0.05, 0) is 103 Å². The number of benzene rings is 2. The lowest BCUT2D eigenvalue weighted by Gasteiger charge is -2.39. The molecule has 10 heteroatoms. The van der Waals surface area contributed by atoms with Gasteiger partial charge in [0.1, 0.15) is 5.82 Å². The van der Waals surface area contributed by atoms with Crippen LogP contribution >= 0.6 is 0 Å². The summed E-state index contributed by atoms with van der Waals surface area (Å²) in [6.07, 6.45) is 4.23. The second-order valence-electron chi connectivity index (χ2n) is 10.6. The van der Waals surface area contributed by atoms with Gasteiger partial charge in [0.2, 0.25) is 0 Å². The summed E-state index contributed by atoms with van der Waals surface area (Å²) in [6, 6.07) is 12.4. The number of urea groups is 1. The first-order valence-electron chi connectivity index (χ1n) is 13.4. The van der Waals surface area contributed by atoms with Crippen LogP contribution in [0.2, 0.25) is 0 Å². The van der Waals surface area contributed by atoms with E-state index < -0.39 is 0 Å². The number of halogens is 1. The largest absolute Gasteiger partial charge is 0.379 e. The number of anilines is 1. The monoisotopic (exact) mass is 521 g/mol. The summed E-state index contributed by atoms with van der Waals surface area (Å²) in [6.45, 7) is 6.22. The fourth-order valence-corrected chi connectivity index (χ4v) is 5.72. The molecule has 202 valence electrons. The molecule has 3 heterocycles. The van der Waals surface area contributed by atoms with Crippen LogP contribution in [0.1, 0.15) is 30.4 Å². The lowest BCUT2D eigenvalue weighted by molar-refractivity contribution is 0.0215. The highest BCUT2D eigenvalue weighted by molar-refractivity contribution is 5.90. The molecule has 0 saturated carbocycles. The first kappa shape index (κ1) is 26.2. The zero-order valence-electron chi connectivity index (χ0n) is 22.1. The SMILES string of the molecule is Cc1cc(NC(=O)N[C@H]2COCC[C@H]2CN2CCC[C@@H](Cc3ccc(F)cc3)C2)cc(-c2nnnn2C)c1. The summed E-state index contributed by atoms with van der Waals surface area (Å²) >= 11 is 0. The van der Waals surface area contributed by atoms with Crippen molar-refractivity contribution in [1.82, 2.24) is 30.4 Å². The van der Waals surface area contributed by atoms with Crippen LogP contribution in [-0.2, 0) is 18.2 Å². The van der Waals surface area contributed by atoms with Gasteiger partial charge in [-0.3, -0.25) is 0 Å². The molecule has 2 aliphatic heterocycles. The second kappa shape index (κ2) is 12.0. The van der Waals surface area contributed by atoms with Gasteiger partial charge < -0.3 is 20.3 Å². The molecule has 2 amide bonds. The van der Waals surface area contributed by atoms with Crippen LogP contribution in [0.3, 0.4) is 0 Å². The number of carbonyl (C=O) groups is 1. The molecule has 2 aromatic carbocycles. The Morgan fingerprint density at radius 1 is 1.18 bits per heavy atom. The van der Waals surface area contributed by atoms with Crippen molar-refractivity contribution in [3.8, 4) is 11.4 Å². The number of nitrogens with one attached hydrogen (secondary N) is 2. The van der Waals surface area contributed by atoms with Crippen LogP contribution in [0.25, 0.3) is 11.4 Å². The number of hydrogen-bond donors (Lipinski definition) is 2. The number of likely N-dealkylation sites (tertiary alicyclic amines) is 1. The molecule has 38 heavy (non-hydrogen) atoms. The van der Waals surface area contributed by atoms with E-state index in [9.17, 15) is 9.18 Å². The standard InChI is InChI=1S/C28H36FN7O2/c1-19-12-23(27-32-33-34-35(27)2)15-25(13-19)30-28(37)31-26-18-38-11-9-22(26)17-36-10-3-4-21(16-36)14-20-5-7-24(29)8-6-20/h5-8,12-13,15,21-22,26H,3-4,9-11,14,16-18H2,1-2H3,(H2,30,31,37)/t21-,22-,26-/m0/s1. The molecule has 0 aliphatic carbocycles. The summed E-state index contributed by atoms with van der Waals surface area (Å²) < 4.78 is 20.6. The Hall–Kier alpha value is -3.37. The van der Waals surface area contributed by atoms with E-state index in [0.29, 0.717) is 36.6 Å². The Morgan fingerprint density at radius 3 is 2.82 bits per heavy atom. The minimum Gasteiger partial charge on any atom is -0.379 e. The molecule has 2 aliphatic rings. The fraction of sp³-hybridized carbons (Fsp3) is 0.500. The Morgan fingerprint density at radius 2 is 2.03 bits per heavy atom. The lowest BCUT2D eigenvalue weighted by Crippen LogP contribution is -2.52. The van der Waals surface area contributed by atoms with Crippen LogP contribution in [0.4, 0.5) is 14.9 Å². The number of carbonyl (C=O) groups excluding carboxylic acids is 1. The number of hydrogen-bond acceptors (Lipinski definition) is 6. The third-order valence-corrected chi connectivity index (χ3v) is 7.56. The number of tetrazole rings is 1. The average molecular weight is 522 g/mol. The van der Waals surface area contributed by atoms with Gasteiger partial charge in [0.05, 0.1) is 12.6 Å². The Labute approximate surface area is 222 Å². The topological polar surface area (TPSA) is 97.2 Å². The molecule has 0 radical (unpaired) electrons. The second-order valence-corrected chi connectivity index (χ2v) is 10.6. The summed E-state index contributed by atoms with van der Waals surface area (Å²) in [5, 5.41) is 17.8. The molecule has 1 aromatic heterocycles. The minimum absolute atomic E-state index is 0.0616. The number of aryl methyl sites for hydroxylation is 2. The number of aromatic nitrogens is 4. The van der Waals surface area contributed by atoms with Crippen molar-refractivity contribution in [2.75, 3.05) is 38.2 Å². The van der Waals surface area contributed by atoms with Crippen molar-refractivity contribution < 1.29 is 13.9 Å². The zero-order valence-corrected chi connectivity index (χ0v) is 22.1. The van der Waals surface area contributed by atoms with E-state index in [-0.39, 0.29) is 17.9 Å². The van der Waals surface area contributed by atoms with Crippen LogP contribution < -0.4 is 10.6 Å². The quantitative estimate of drug-likeness (QED) is 0.491. The smallest absolute Gasteiger partial charge is 0.319 e. The summed E-state index contributed by atoms with van der Waals surface area (Å²) in [5.41, 5.74) is 3.72. The van der Waals surface area contributed by atoms with Crippen LogP contribution in [0.5, 0.6) is 0 Å². The van der Waals surface area contributed by atoms with Crippen LogP contribution in [0.15, 0.2) is 42.5 Å². The molecule has 5 rings (SSSR count). The van der Waals surface area contributed by atoms with E-state index in [1.165, 1.54) is 12.0 Å². The van der Waals surface area contributed by atoms with Gasteiger partial charge in [-0.1, -0.05) is 12.1 Å². The molecular weight excluding hydrogens is 485 g/mol. The third kappa shape index (κ3) is 6.73. The van der Waals surface area contributed by atoms with E-state index in [2.05, 4.69) is 31.1 Å². The minimum atomic E-state index is -0.244. The van der Waals surface area contributed by atoms with Crippen molar-refractivity contribution in [2.24, 2.45) is 18.9 Å². The predicted octanol–water partition coefficient (Wildman–Crippen LogP) is 3.81.